The summed E-state index contributed by atoms with van der Waals surface area (Å²) in [6.45, 7) is 2.10. The minimum Gasteiger partial charge on any atom is -0.355 e. The third-order valence-corrected chi connectivity index (χ3v) is 4.50. The van der Waals surface area contributed by atoms with Crippen LogP contribution in [0, 0.1) is 11.2 Å². The van der Waals surface area contributed by atoms with E-state index in [9.17, 15) is 9.18 Å². The van der Waals surface area contributed by atoms with Gasteiger partial charge in [0.05, 0.1) is 5.41 Å². The summed E-state index contributed by atoms with van der Waals surface area (Å²) in [5.41, 5.74) is -0.132. The zero-order chi connectivity index (χ0) is 13.4. The molecule has 0 radical (unpaired) electrons. The topological polar surface area (TPSA) is 29.1 Å². The maximum atomic E-state index is 13.3. The highest BCUT2D eigenvalue weighted by molar-refractivity contribution is 6.53. The molecule has 0 saturated heterocycles. The van der Waals surface area contributed by atoms with Crippen LogP contribution in [0.15, 0.2) is 24.3 Å². The number of carbonyl (C=O) groups excluding carboxylic acids is 1. The molecule has 98 valence electrons. The second kappa shape index (κ2) is 4.71. The third-order valence-electron chi connectivity index (χ3n) is 3.40. The zero-order valence-corrected chi connectivity index (χ0v) is 11.5. The Morgan fingerprint density at radius 1 is 1.44 bits per heavy atom. The van der Waals surface area contributed by atoms with E-state index in [1.54, 1.807) is 25.1 Å². The Balaban J connectivity index is 1.84. The Morgan fingerprint density at radius 2 is 2.06 bits per heavy atom. The van der Waals surface area contributed by atoms with Crippen molar-refractivity contribution < 1.29 is 9.18 Å². The predicted molar refractivity (Wildman–Crippen MR) is 70.3 cm³/mol. The number of carbonyl (C=O) groups is 1. The largest absolute Gasteiger partial charge is 0.355 e. The molecule has 1 aromatic rings. The van der Waals surface area contributed by atoms with E-state index in [2.05, 4.69) is 5.32 Å². The molecule has 1 aliphatic carbocycles. The van der Waals surface area contributed by atoms with Gasteiger partial charge in [-0.15, -0.1) is 23.2 Å². The van der Waals surface area contributed by atoms with Gasteiger partial charge in [0, 0.05) is 6.54 Å². The van der Waals surface area contributed by atoms with Gasteiger partial charge < -0.3 is 5.32 Å². The van der Waals surface area contributed by atoms with Crippen LogP contribution in [0.2, 0.25) is 0 Å². The molecule has 2 nitrogen and oxygen atoms in total. The number of nitrogens with one attached hydrogen (secondary N) is 1. The molecule has 0 aliphatic heterocycles. The van der Waals surface area contributed by atoms with Crippen molar-refractivity contribution in [2.24, 2.45) is 5.41 Å². The maximum Gasteiger partial charge on any atom is 0.229 e. The van der Waals surface area contributed by atoms with Crippen LogP contribution in [-0.4, -0.2) is 16.8 Å². The summed E-state index contributed by atoms with van der Waals surface area (Å²) >= 11 is 11.8. The maximum absolute atomic E-state index is 13.3. The van der Waals surface area contributed by atoms with Crippen molar-refractivity contribution in [2.45, 2.75) is 24.1 Å². The first-order valence-corrected chi connectivity index (χ1v) is 6.52. The van der Waals surface area contributed by atoms with Gasteiger partial charge in [0.15, 0.2) is 0 Å². The standard InChI is InChI=1S/C13H14Cl2FNO/c1-12(8-13(12,14)15)11(18)17-7-6-9-4-2-3-5-10(9)16/h2-5H,6-8H2,1H3,(H,17,18). The molecule has 2 rings (SSSR count). The summed E-state index contributed by atoms with van der Waals surface area (Å²) in [6, 6.07) is 6.51. The van der Waals surface area contributed by atoms with Gasteiger partial charge >= 0.3 is 0 Å². The van der Waals surface area contributed by atoms with Crippen molar-refractivity contribution in [3.63, 3.8) is 0 Å². The van der Waals surface area contributed by atoms with Crippen molar-refractivity contribution in [3.8, 4) is 0 Å². The monoisotopic (exact) mass is 289 g/mol. The van der Waals surface area contributed by atoms with Gasteiger partial charge in [-0.3, -0.25) is 4.79 Å². The molecule has 1 aromatic carbocycles. The van der Waals surface area contributed by atoms with E-state index < -0.39 is 9.75 Å². The molecule has 0 aromatic heterocycles. The highest BCUT2D eigenvalue weighted by Crippen LogP contribution is 2.63. The molecule has 5 heteroatoms. The molecule has 1 aliphatic rings. The number of halogens is 3. The molecule has 0 spiro atoms. The van der Waals surface area contributed by atoms with Gasteiger partial charge in [-0.05, 0) is 31.4 Å². The Bertz CT molecular complexity index is 478. The summed E-state index contributed by atoms with van der Waals surface area (Å²) in [7, 11) is 0. The lowest BCUT2D eigenvalue weighted by atomic mass is 10.1. The number of amides is 1. The summed E-state index contributed by atoms with van der Waals surface area (Å²) in [4.78, 5) is 11.8. The van der Waals surface area contributed by atoms with Gasteiger partial charge in [0.1, 0.15) is 10.2 Å². The van der Waals surface area contributed by atoms with Crippen LogP contribution >= 0.6 is 23.2 Å². The van der Waals surface area contributed by atoms with Crippen LogP contribution < -0.4 is 5.32 Å². The fourth-order valence-electron chi connectivity index (χ4n) is 1.85. The molecule has 1 fully saturated rings. The molecule has 1 unspecified atom stereocenters. The van der Waals surface area contributed by atoms with E-state index in [-0.39, 0.29) is 11.7 Å². The minimum atomic E-state index is -0.963. The summed E-state index contributed by atoms with van der Waals surface area (Å²) in [5.74, 6) is -0.433. The highest BCUT2D eigenvalue weighted by atomic mass is 35.5. The average Bonchev–Trinajstić information content (AvgIpc) is 2.82. The van der Waals surface area contributed by atoms with Gasteiger partial charge in [0.25, 0.3) is 0 Å². The lowest BCUT2D eigenvalue weighted by Gasteiger charge is -2.12. The van der Waals surface area contributed by atoms with Crippen molar-refractivity contribution in [1.29, 1.82) is 0 Å². The van der Waals surface area contributed by atoms with Crippen LogP contribution in [0.1, 0.15) is 18.9 Å². The quantitative estimate of drug-likeness (QED) is 0.848. The van der Waals surface area contributed by atoms with Crippen molar-refractivity contribution in [2.75, 3.05) is 6.54 Å². The molecule has 1 amide bonds. The van der Waals surface area contributed by atoms with Crippen LogP contribution in [0.5, 0.6) is 0 Å². The van der Waals surface area contributed by atoms with Gasteiger partial charge in [0.2, 0.25) is 5.91 Å². The number of alkyl halides is 2. The molecule has 0 bridgehead atoms. The van der Waals surface area contributed by atoms with Crippen LogP contribution in [0.4, 0.5) is 4.39 Å². The van der Waals surface area contributed by atoms with E-state index in [4.69, 9.17) is 23.2 Å². The van der Waals surface area contributed by atoms with E-state index in [0.29, 0.717) is 24.9 Å². The Hall–Kier alpha value is -0.800. The molecule has 1 N–H and O–H groups in total. The molecule has 18 heavy (non-hydrogen) atoms. The molecule has 0 heterocycles. The first-order chi connectivity index (χ1) is 8.37. The SMILES string of the molecule is CC1(C(=O)NCCc2ccccc2F)CC1(Cl)Cl. The molecular formula is C13H14Cl2FNO. The highest BCUT2D eigenvalue weighted by Gasteiger charge is 2.67. The zero-order valence-electron chi connectivity index (χ0n) is 9.97. The Morgan fingerprint density at radius 3 is 2.61 bits per heavy atom. The number of rotatable bonds is 4. The van der Waals surface area contributed by atoms with Crippen molar-refractivity contribution in [1.82, 2.24) is 5.32 Å². The summed E-state index contributed by atoms with van der Waals surface area (Å²) in [6.07, 6.45) is 0.903. The number of hydrogen-bond acceptors (Lipinski definition) is 1. The molecule has 1 atom stereocenters. The first-order valence-electron chi connectivity index (χ1n) is 5.76. The summed E-state index contributed by atoms with van der Waals surface area (Å²) < 4.78 is 12.4. The normalized spacial score (nSPS) is 24.7. The van der Waals surface area contributed by atoms with E-state index >= 15 is 0 Å². The van der Waals surface area contributed by atoms with Crippen LogP contribution in [0.3, 0.4) is 0 Å². The minimum absolute atomic E-state index is 0.177. The summed E-state index contributed by atoms with van der Waals surface area (Å²) in [5, 5.41) is 2.74. The van der Waals surface area contributed by atoms with E-state index in [0.717, 1.165) is 0 Å². The second-order valence-electron chi connectivity index (χ2n) is 4.81. The fourth-order valence-corrected chi connectivity index (χ4v) is 2.56. The predicted octanol–water partition coefficient (Wildman–Crippen LogP) is 3.07. The lowest BCUT2D eigenvalue weighted by molar-refractivity contribution is -0.125. The van der Waals surface area contributed by atoms with Crippen molar-refractivity contribution >= 4 is 29.1 Å². The Labute approximate surface area is 115 Å². The third kappa shape index (κ3) is 2.47. The molecule has 1 saturated carbocycles. The smallest absolute Gasteiger partial charge is 0.229 e. The number of benzene rings is 1. The Kier molecular flexibility index (Phi) is 3.56. The average molecular weight is 290 g/mol. The second-order valence-corrected chi connectivity index (χ2v) is 6.29. The van der Waals surface area contributed by atoms with Crippen LogP contribution in [0.25, 0.3) is 0 Å². The lowest BCUT2D eigenvalue weighted by Crippen LogP contribution is -2.34. The fraction of sp³-hybridized carbons (Fsp3) is 0.462. The van der Waals surface area contributed by atoms with Crippen LogP contribution in [-0.2, 0) is 11.2 Å². The van der Waals surface area contributed by atoms with Gasteiger partial charge in [-0.25, -0.2) is 4.39 Å². The van der Waals surface area contributed by atoms with E-state index in [1.807, 2.05) is 0 Å². The first kappa shape index (κ1) is 13.6. The van der Waals surface area contributed by atoms with Crippen molar-refractivity contribution in [3.05, 3.63) is 35.6 Å². The van der Waals surface area contributed by atoms with E-state index in [1.165, 1.54) is 6.07 Å². The van der Waals surface area contributed by atoms with Gasteiger partial charge in [-0.1, -0.05) is 18.2 Å². The van der Waals surface area contributed by atoms with Gasteiger partial charge in [-0.2, -0.15) is 0 Å². The number of hydrogen-bond donors (Lipinski definition) is 1. The molecular weight excluding hydrogens is 276 g/mol.